The molecule has 132 valence electrons. The lowest BCUT2D eigenvalue weighted by Gasteiger charge is -2.12. The molecular weight excluding hydrogens is 379 g/mol. The molecule has 0 aliphatic rings. The number of thiocarbonyl (C=S) groups is 1. The van der Waals surface area contributed by atoms with E-state index in [2.05, 4.69) is 24.5 Å². The molecule has 2 rings (SSSR count). The molecule has 4 nitrogen and oxygen atoms in total. The Morgan fingerprint density at radius 1 is 1.16 bits per heavy atom. The summed E-state index contributed by atoms with van der Waals surface area (Å²) < 4.78 is 5.59. The Bertz CT molecular complexity index is 764. The van der Waals surface area contributed by atoms with Crippen molar-refractivity contribution in [1.29, 1.82) is 0 Å². The first-order chi connectivity index (χ1) is 11.8. The quantitative estimate of drug-likeness (QED) is 0.685. The average Bonchev–Trinajstić information content (AvgIpc) is 2.56. The molecule has 0 aromatic heterocycles. The van der Waals surface area contributed by atoms with Crippen LogP contribution in [0.2, 0.25) is 10.0 Å². The predicted octanol–water partition coefficient (Wildman–Crippen LogP) is 5.16. The van der Waals surface area contributed by atoms with E-state index < -0.39 is 0 Å². The lowest BCUT2D eigenvalue weighted by atomic mass is 10.2. The highest BCUT2D eigenvalue weighted by molar-refractivity contribution is 7.80. The first kappa shape index (κ1) is 19.5. The topological polar surface area (TPSA) is 50.4 Å². The summed E-state index contributed by atoms with van der Waals surface area (Å²) >= 11 is 17.0. The van der Waals surface area contributed by atoms with E-state index in [1.807, 2.05) is 0 Å². The number of halogens is 2. The molecule has 25 heavy (non-hydrogen) atoms. The zero-order valence-electron chi connectivity index (χ0n) is 13.8. The van der Waals surface area contributed by atoms with Gasteiger partial charge >= 0.3 is 0 Å². The Kier molecular flexibility index (Phi) is 7.05. The lowest BCUT2D eigenvalue weighted by Crippen LogP contribution is -2.34. The first-order valence-electron chi connectivity index (χ1n) is 7.65. The van der Waals surface area contributed by atoms with Gasteiger partial charge in [-0.15, -0.1) is 0 Å². The van der Waals surface area contributed by atoms with E-state index in [9.17, 15) is 4.79 Å². The van der Waals surface area contributed by atoms with Gasteiger partial charge < -0.3 is 10.1 Å². The van der Waals surface area contributed by atoms with Crippen molar-refractivity contribution in [3.63, 3.8) is 0 Å². The second-order valence-electron chi connectivity index (χ2n) is 5.76. The van der Waals surface area contributed by atoms with Crippen LogP contribution >= 0.6 is 35.4 Å². The molecule has 2 N–H and O–H groups in total. The van der Waals surface area contributed by atoms with E-state index in [4.69, 9.17) is 40.2 Å². The fraction of sp³-hybridized carbons (Fsp3) is 0.222. The fourth-order valence-electron chi connectivity index (χ4n) is 1.89. The maximum atomic E-state index is 12.2. The number of carbonyl (C=O) groups excluding carboxylic acids is 1. The number of ether oxygens (including phenoxy) is 1. The van der Waals surface area contributed by atoms with Gasteiger partial charge in [0.15, 0.2) is 5.11 Å². The van der Waals surface area contributed by atoms with Crippen LogP contribution in [0.3, 0.4) is 0 Å². The summed E-state index contributed by atoms with van der Waals surface area (Å²) in [4.78, 5) is 12.2. The number of amides is 1. The number of rotatable bonds is 5. The Morgan fingerprint density at radius 3 is 2.44 bits per heavy atom. The normalized spacial score (nSPS) is 10.4. The standard InChI is InChI=1S/C18H18Cl2N2O2S/c1-11(2)10-24-14-6-3-12(4-7-14)17(23)22-18(25)21-16-8-5-13(19)9-15(16)20/h3-9,11H,10H2,1-2H3,(H2,21,22,23,25). The number of nitrogens with one attached hydrogen (secondary N) is 2. The monoisotopic (exact) mass is 396 g/mol. The zero-order valence-corrected chi connectivity index (χ0v) is 16.1. The number of carbonyl (C=O) groups is 1. The molecule has 0 saturated heterocycles. The second kappa shape index (κ2) is 9.04. The molecule has 2 aromatic rings. The van der Waals surface area contributed by atoms with Crippen molar-refractivity contribution in [2.24, 2.45) is 5.92 Å². The maximum Gasteiger partial charge on any atom is 0.257 e. The molecule has 1 amide bonds. The van der Waals surface area contributed by atoms with Gasteiger partial charge in [0, 0.05) is 10.6 Å². The van der Waals surface area contributed by atoms with Crippen LogP contribution in [-0.4, -0.2) is 17.6 Å². The summed E-state index contributed by atoms with van der Waals surface area (Å²) in [6.07, 6.45) is 0. The Balaban J connectivity index is 1.93. The van der Waals surface area contributed by atoms with Gasteiger partial charge in [-0.25, -0.2) is 0 Å². The van der Waals surface area contributed by atoms with Crippen LogP contribution in [-0.2, 0) is 0 Å². The van der Waals surface area contributed by atoms with Gasteiger partial charge in [0.1, 0.15) is 5.75 Å². The van der Waals surface area contributed by atoms with Crippen LogP contribution in [0.5, 0.6) is 5.75 Å². The van der Waals surface area contributed by atoms with E-state index >= 15 is 0 Å². The van der Waals surface area contributed by atoms with Crippen molar-refractivity contribution in [1.82, 2.24) is 5.32 Å². The summed E-state index contributed by atoms with van der Waals surface area (Å²) in [5.41, 5.74) is 1.04. The van der Waals surface area contributed by atoms with Crippen LogP contribution in [0.1, 0.15) is 24.2 Å². The van der Waals surface area contributed by atoms with Crippen LogP contribution < -0.4 is 15.4 Å². The van der Waals surface area contributed by atoms with E-state index in [0.29, 0.717) is 33.8 Å². The fourth-order valence-corrected chi connectivity index (χ4v) is 2.54. The van der Waals surface area contributed by atoms with Crippen LogP contribution in [0, 0.1) is 5.92 Å². The SMILES string of the molecule is CC(C)COc1ccc(C(=O)NC(=S)Nc2ccc(Cl)cc2Cl)cc1. The summed E-state index contributed by atoms with van der Waals surface area (Å²) in [6, 6.07) is 11.8. The van der Waals surface area contributed by atoms with Gasteiger partial charge in [0.05, 0.1) is 17.3 Å². The number of hydrogen-bond acceptors (Lipinski definition) is 3. The largest absolute Gasteiger partial charge is 0.493 e. The molecule has 0 spiro atoms. The molecule has 0 atom stereocenters. The third-order valence-corrected chi connectivity index (χ3v) is 3.86. The van der Waals surface area contributed by atoms with Crippen LogP contribution in [0.4, 0.5) is 5.69 Å². The van der Waals surface area contributed by atoms with Crippen molar-refractivity contribution < 1.29 is 9.53 Å². The predicted molar refractivity (Wildman–Crippen MR) is 107 cm³/mol. The highest BCUT2D eigenvalue weighted by Gasteiger charge is 2.10. The van der Waals surface area contributed by atoms with E-state index in [1.54, 1.807) is 42.5 Å². The molecular formula is C18H18Cl2N2O2S. The van der Waals surface area contributed by atoms with Crippen molar-refractivity contribution in [3.05, 3.63) is 58.1 Å². The number of anilines is 1. The van der Waals surface area contributed by atoms with Gasteiger partial charge in [-0.2, -0.15) is 0 Å². The van der Waals surface area contributed by atoms with Gasteiger partial charge in [-0.05, 0) is 60.6 Å². The maximum absolute atomic E-state index is 12.2. The molecule has 0 heterocycles. The van der Waals surface area contributed by atoms with Crippen LogP contribution in [0.15, 0.2) is 42.5 Å². The van der Waals surface area contributed by atoms with Crippen molar-refractivity contribution in [2.75, 3.05) is 11.9 Å². The molecule has 0 unspecified atom stereocenters. The van der Waals surface area contributed by atoms with Gasteiger partial charge in [-0.1, -0.05) is 37.0 Å². The summed E-state index contributed by atoms with van der Waals surface area (Å²) in [5.74, 6) is 0.836. The molecule has 0 saturated carbocycles. The minimum absolute atomic E-state index is 0.148. The molecule has 0 bridgehead atoms. The molecule has 7 heteroatoms. The zero-order chi connectivity index (χ0) is 18.4. The molecule has 0 aliphatic carbocycles. The smallest absolute Gasteiger partial charge is 0.257 e. The van der Waals surface area contributed by atoms with Crippen molar-refractivity contribution in [2.45, 2.75) is 13.8 Å². The minimum Gasteiger partial charge on any atom is -0.493 e. The molecule has 0 radical (unpaired) electrons. The van der Waals surface area contributed by atoms with Crippen molar-refractivity contribution in [3.8, 4) is 5.75 Å². The summed E-state index contributed by atoms with van der Waals surface area (Å²) in [7, 11) is 0. The Hall–Kier alpha value is -1.82. The minimum atomic E-state index is -0.321. The van der Waals surface area contributed by atoms with Gasteiger partial charge in [0.25, 0.3) is 5.91 Å². The Labute approximate surface area is 162 Å². The average molecular weight is 397 g/mol. The molecule has 0 aliphatic heterocycles. The molecule has 2 aromatic carbocycles. The second-order valence-corrected chi connectivity index (χ2v) is 7.01. The summed E-state index contributed by atoms with van der Waals surface area (Å²) in [6.45, 7) is 4.77. The number of benzene rings is 2. The highest BCUT2D eigenvalue weighted by atomic mass is 35.5. The highest BCUT2D eigenvalue weighted by Crippen LogP contribution is 2.25. The van der Waals surface area contributed by atoms with Crippen LogP contribution in [0.25, 0.3) is 0 Å². The number of hydrogen-bond donors (Lipinski definition) is 2. The lowest BCUT2D eigenvalue weighted by molar-refractivity contribution is 0.0977. The first-order valence-corrected chi connectivity index (χ1v) is 8.82. The molecule has 0 fully saturated rings. The third-order valence-electron chi connectivity index (χ3n) is 3.11. The van der Waals surface area contributed by atoms with Gasteiger partial charge in [0.2, 0.25) is 0 Å². The van der Waals surface area contributed by atoms with E-state index in [1.165, 1.54) is 0 Å². The Morgan fingerprint density at radius 2 is 1.84 bits per heavy atom. The van der Waals surface area contributed by atoms with E-state index in [-0.39, 0.29) is 11.0 Å². The summed E-state index contributed by atoms with van der Waals surface area (Å²) in [5, 5.41) is 6.55. The third kappa shape index (κ3) is 6.20. The van der Waals surface area contributed by atoms with Gasteiger partial charge in [-0.3, -0.25) is 10.1 Å². The van der Waals surface area contributed by atoms with Crippen molar-refractivity contribution >= 4 is 52.1 Å². The van der Waals surface area contributed by atoms with E-state index in [0.717, 1.165) is 5.75 Å².